The molecule has 0 heterocycles. The Kier molecular flexibility index (Phi) is 7.89. The topological polar surface area (TPSA) is 66.8 Å². The van der Waals surface area contributed by atoms with Crippen molar-refractivity contribution in [3.8, 4) is 0 Å². The van der Waals surface area contributed by atoms with Crippen LogP contribution in [0.3, 0.4) is 0 Å². The Bertz CT molecular complexity index is 564. The number of ether oxygens (including phenoxy) is 1. The molecule has 0 bridgehead atoms. The second-order valence-electron chi connectivity index (χ2n) is 6.86. The molecule has 0 aromatic heterocycles. The predicted octanol–water partition coefficient (Wildman–Crippen LogP) is 3.48. The van der Waals surface area contributed by atoms with Crippen molar-refractivity contribution in [1.29, 1.82) is 0 Å². The smallest absolute Gasteiger partial charge is 0.330 e. The van der Waals surface area contributed by atoms with E-state index in [0.29, 0.717) is 6.42 Å². The van der Waals surface area contributed by atoms with Crippen LogP contribution in [0.4, 0.5) is 0 Å². The second kappa shape index (κ2) is 9.40. The largest absolute Gasteiger partial charge is 0.457 e. The van der Waals surface area contributed by atoms with Crippen molar-refractivity contribution in [1.82, 2.24) is 0 Å². The van der Waals surface area contributed by atoms with Gasteiger partial charge in [0.1, 0.15) is 5.60 Å². The van der Waals surface area contributed by atoms with Gasteiger partial charge in [0.2, 0.25) is 0 Å². The van der Waals surface area contributed by atoms with E-state index in [1.54, 1.807) is 6.08 Å². The first-order valence-electron chi connectivity index (χ1n) is 8.17. The molecule has 1 rings (SSSR count). The number of carbonyl (C=O) groups is 1. The highest BCUT2D eigenvalue weighted by Crippen LogP contribution is 2.13. The first kappa shape index (κ1) is 20.1. The molecular weight excluding hydrogens is 304 g/mol. The lowest BCUT2D eigenvalue weighted by Gasteiger charge is -2.18. The highest BCUT2D eigenvalue weighted by atomic mass is 16.6. The average Bonchev–Trinajstić information content (AvgIpc) is 2.51. The predicted molar refractivity (Wildman–Crippen MR) is 96.2 cm³/mol. The number of rotatable bonds is 7. The Morgan fingerprint density at radius 1 is 1.25 bits per heavy atom. The van der Waals surface area contributed by atoms with E-state index in [2.05, 4.69) is 0 Å². The van der Waals surface area contributed by atoms with Crippen LogP contribution in [0.2, 0.25) is 0 Å². The summed E-state index contributed by atoms with van der Waals surface area (Å²) < 4.78 is 5.17. The van der Waals surface area contributed by atoms with Gasteiger partial charge in [0, 0.05) is 12.0 Å². The van der Waals surface area contributed by atoms with Crippen molar-refractivity contribution in [3.63, 3.8) is 0 Å². The van der Waals surface area contributed by atoms with Crippen molar-refractivity contribution in [2.24, 2.45) is 5.92 Å². The van der Waals surface area contributed by atoms with Gasteiger partial charge >= 0.3 is 5.97 Å². The fourth-order valence-corrected chi connectivity index (χ4v) is 1.98. The summed E-state index contributed by atoms with van der Waals surface area (Å²) in [6.07, 6.45) is 6.68. The monoisotopic (exact) mass is 332 g/mol. The van der Waals surface area contributed by atoms with Crippen molar-refractivity contribution < 1.29 is 19.7 Å². The lowest BCUT2D eigenvalue weighted by Crippen LogP contribution is -2.22. The molecule has 0 aliphatic carbocycles. The molecule has 0 saturated heterocycles. The minimum absolute atomic E-state index is 0.0308. The molecule has 1 aromatic rings. The van der Waals surface area contributed by atoms with Gasteiger partial charge in [-0.2, -0.15) is 0 Å². The Labute approximate surface area is 144 Å². The maximum Gasteiger partial charge on any atom is 0.330 e. The number of esters is 1. The summed E-state index contributed by atoms with van der Waals surface area (Å²) >= 11 is 0. The zero-order valence-electron chi connectivity index (χ0n) is 14.9. The lowest BCUT2D eigenvalue weighted by atomic mass is 10.00. The molecule has 0 aliphatic rings. The van der Waals surface area contributed by atoms with Gasteiger partial charge in [-0.15, -0.1) is 0 Å². The van der Waals surface area contributed by atoms with Crippen LogP contribution in [0.25, 0.3) is 6.08 Å². The third-order valence-electron chi connectivity index (χ3n) is 3.40. The standard InChI is InChI=1S/C20H28O4/c1-15(8-9-16-10-12-17(14-21)13-11-16)18(22)6-5-7-19(23)24-20(2,3)4/h5,7-13,15,18,21-22H,6,14H2,1-4H3/b7-5+,9-8+/t15-,18+/m1/s1. The van der Waals surface area contributed by atoms with E-state index in [1.807, 2.05) is 64.1 Å². The molecule has 0 amide bonds. The zero-order chi connectivity index (χ0) is 18.2. The van der Waals surface area contributed by atoms with Crippen molar-refractivity contribution in [2.75, 3.05) is 0 Å². The molecule has 2 atom stereocenters. The lowest BCUT2D eigenvalue weighted by molar-refractivity contribution is -0.148. The Balaban J connectivity index is 2.47. The summed E-state index contributed by atoms with van der Waals surface area (Å²) in [6, 6.07) is 7.57. The molecule has 2 N–H and O–H groups in total. The van der Waals surface area contributed by atoms with Gasteiger partial charge in [0.05, 0.1) is 12.7 Å². The van der Waals surface area contributed by atoms with Gasteiger partial charge in [0.25, 0.3) is 0 Å². The summed E-state index contributed by atoms with van der Waals surface area (Å²) in [5.41, 5.74) is 1.37. The minimum atomic E-state index is -0.573. The minimum Gasteiger partial charge on any atom is -0.457 e. The molecule has 4 heteroatoms. The first-order chi connectivity index (χ1) is 11.2. The molecule has 0 fully saturated rings. The molecular formula is C20H28O4. The molecule has 0 spiro atoms. The molecule has 24 heavy (non-hydrogen) atoms. The third-order valence-corrected chi connectivity index (χ3v) is 3.40. The van der Waals surface area contributed by atoms with Crippen LogP contribution in [0.15, 0.2) is 42.5 Å². The highest BCUT2D eigenvalue weighted by molar-refractivity contribution is 5.82. The van der Waals surface area contributed by atoms with Crippen LogP contribution in [-0.2, 0) is 16.1 Å². The van der Waals surface area contributed by atoms with Crippen molar-refractivity contribution in [2.45, 2.75) is 52.4 Å². The van der Waals surface area contributed by atoms with Crippen LogP contribution < -0.4 is 0 Å². The van der Waals surface area contributed by atoms with E-state index in [-0.39, 0.29) is 12.5 Å². The SMILES string of the molecule is C[C@H](/C=C/c1ccc(CO)cc1)[C@@H](O)C/C=C/C(=O)OC(C)(C)C. The van der Waals surface area contributed by atoms with Gasteiger partial charge in [-0.3, -0.25) is 0 Å². The number of benzene rings is 1. The molecule has 0 aliphatic heterocycles. The van der Waals surface area contributed by atoms with E-state index >= 15 is 0 Å². The Morgan fingerprint density at radius 3 is 2.42 bits per heavy atom. The summed E-state index contributed by atoms with van der Waals surface area (Å²) in [7, 11) is 0. The second-order valence-corrected chi connectivity index (χ2v) is 6.86. The van der Waals surface area contributed by atoms with Crippen LogP contribution in [0.5, 0.6) is 0 Å². The maximum absolute atomic E-state index is 11.6. The zero-order valence-corrected chi connectivity index (χ0v) is 14.9. The number of hydrogen-bond donors (Lipinski definition) is 2. The van der Waals surface area contributed by atoms with Gasteiger partial charge < -0.3 is 14.9 Å². The number of aliphatic hydroxyl groups excluding tert-OH is 2. The van der Waals surface area contributed by atoms with Gasteiger partial charge in [0.15, 0.2) is 0 Å². The van der Waals surface area contributed by atoms with E-state index in [9.17, 15) is 9.90 Å². The van der Waals surface area contributed by atoms with Crippen LogP contribution >= 0.6 is 0 Å². The summed E-state index contributed by atoms with van der Waals surface area (Å²) in [5.74, 6) is -0.451. The van der Waals surface area contributed by atoms with Crippen LogP contribution in [0, 0.1) is 5.92 Å². The number of hydrogen-bond acceptors (Lipinski definition) is 4. The highest BCUT2D eigenvalue weighted by Gasteiger charge is 2.14. The molecule has 4 nitrogen and oxygen atoms in total. The fourth-order valence-electron chi connectivity index (χ4n) is 1.98. The quantitative estimate of drug-likeness (QED) is 0.592. The summed E-state index contributed by atoms with van der Waals surface area (Å²) in [5, 5.41) is 19.1. The van der Waals surface area contributed by atoms with Crippen LogP contribution in [-0.4, -0.2) is 27.9 Å². The third kappa shape index (κ3) is 8.09. The number of carbonyl (C=O) groups excluding carboxylic acids is 1. The average molecular weight is 332 g/mol. The summed E-state index contributed by atoms with van der Waals surface area (Å²) in [4.78, 5) is 11.6. The fraction of sp³-hybridized carbons (Fsp3) is 0.450. The molecule has 1 aromatic carbocycles. The molecule has 132 valence electrons. The van der Waals surface area contributed by atoms with Crippen LogP contribution in [0.1, 0.15) is 45.2 Å². The van der Waals surface area contributed by atoms with Gasteiger partial charge in [-0.1, -0.05) is 49.4 Å². The molecule has 0 radical (unpaired) electrons. The molecule has 0 unspecified atom stereocenters. The first-order valence-corrected chi connectivity index (χ1v) is 8.17. The van der Waals surface area contributed by atoms with Crippen molar-refractivity contribution in [3.05, 3.63) is 53.6 Å². The number of aliphatic hydroxyl groups is 2. The normalized spacial score (nSPS) is 14.9. The van der Waals surface area contributed by atoms with E-state index in [0.717, 1.165) is 11.1 Å². The molecule has 0 saturated carbocycles. The van der Waals surface area contributed by atoms with Gasteiger partial charge in [-0.25, -0.2) is 4.79 Å². The van der Waals surface area contributed by atoms with E-state index in [1.165, 1.54) is 6.08 Å². The van der Waals surface area contributed by atoms with E-state index in [4.69, 9.17) is 9.84 Å². The summed E-state index contributed by atoms with van der Waals surface area (Å²) in [6.45, 7) is 7.39. The Morgan fingerprint density at radius 2 is 1.88 bits per heavy atom. The Hall–Kier alpha value is -1.91. The van der Waals surface area contributed by atoms with Crippen molar-refractivity contribution >= 4 is 12.0 Å². The van der Waals surface area contributed by atoms with Gasteiger partial charge in [-0.05, 0) is 38.3 Å². The van der Waals surface area contributed by atoms with E-state index < -0.39 is 17.7 Å². The maximum atomic E-state index is 11.6.